The normalized spacial score (nSPS) is 16.4. The molecule has 0 unspecified atom stereocenters. The Hall–Kier alpha value is -3.57. The van der Waals surface area contributed by atoms with Gasteiger partial charge in [-0.3, -0.25) is 23.9 Å². The minimum absolute atomic E-state index is 0.0306. The Morgan fingerprint density at radius 3 is 2.34 bits per heavy atom. The Kier molecular flexibility index (Phi) is 5.53. The van der Waals surface area contributed by atoms with Crippen LogP contribution in [0.2, 0.25) is 0 Å². The maximum Gasteiger partial charge on any atom is 0.343 e. The average Bonchev–Trinajstić information content (AvgIpc) is 2.98. The molecule has 2 aromatic carbocycles. The van der Waals surface area contributed by atoms with Crippen LogP contribution in [0, 0.1) is 6.92 Å². The molecule has 0 aromatic heterocycles. The highest BCUT2D eigenvalue weighted by molar-refractivity contribution is 7.86. The van der Waals surface area contributed by atoms with Gasteiger partial charge < -0.3 is 0 Å². The van der Waals surface area contributed by atoms with Crippen LogP contribution in [-0.2, 0) is 25.5 Å². The van der Waals surface area contributed by atoms with E-state index in [0.29, 0.717) is 10.6 Å². The number of amides is 5. The van der Waals surface area contributed by atoms with Gasteiger partial charge in [-0.15, -0.1) is 0 Å². The van der Waals surface area contributed by atoms with Gasteiger partial charge in [0.1, 0.15) is 0 Å². The number of carbonyl (C=O) groups is 4. The van der Waals surface area contributed by atoms with E-state index in [1.165, 1.54) is 24.3 Å². The molecule has 11 heteroatoms. The maximum absolute atomic E-state index is 12.8. The van der Waals surface area contributed by atoms with Gasteiger partial charge in [0.2, 0.25) is 5.91 Å². The molecule has 0 atom stereocenters. The van der Waals surface area contributed by atoms with Gasteiger partial charge in [-0.1, -0.05) is 23.8 Å². The highest BCUT2D eigenvalue weighted by Crippen LogP contribution is 2.27. The van der Waals surface area contributed by atoms with E-state index in [1.807, 2.05) is 6.92 Å². The van der Waals surface area contributed by atoms with Crippen molar-refractivity contribution in [1.29, 1.82) is 0 Å². The molecular formula is C21H19N3O7S. The molecule has 0 spiro atoms. The van der Waals surface area contributed by atoms with Crippen LogP contribution < -0.4 is 5.32 Å². The van der Waals surface area contributed by atoms with Crippen LogP contribution in [0.25, 0.3) is 0 Å². The Bertz CT molecular complexity index is 1240. The SMILES string of the molecule is Cc1ccc(S(=O)(=O)OCCc2ccc3c(c2)C(=O)N(N2CCC(=O)NC2=O)C3=O)cc1. The van der Waals surface area contributed by atoms with E-state index in [2.05, 4.69) is 5.32 Å². The summed E-state index contributed by atoms with van der Waals surface area (Å²) in [4.78, 5) is 48.9. The van der Waals surface area contributed by atoms with Gasteiger partial charge in [-0.05, 0) is 43.2 Å². The van der Waals surface area contributed by atoms with E-state index in [1.54, 1.807) is 18.2 Å². The average molecular weight is 457 g/mol. The summed E-state index contributed by atoms with van der Waals surface area (Å²) in [6.45, 7) is 1.60. The molecule has 1 N–H and O–H groups in total. The van der Waals surface area contributed by atoms with Crippen LogP contribution in [0.5, 0.6) is 0 Å². The summed E-state index contributed by atoms with van der Waals surface area (Å²) in [5.74, 6) is -1.84. The zero-order chi connectivity index (χ0) is 23.0. The molecule has 2 heterocycles. The number of benzene rings is 2. The molecule has 2 aliphatic rings. The quantitative estimate of drug-likeness (QED) is 0.512. The number of hydrogen-bond donors (Lipinski definition) is 1. The van der Waals surface area contributed by atoms with Gasteiger partial charge in [0.15, 0.2) is 0 Å². The molecular weight excluding hydrogens is 438 g/mol. The van der Waals surface area contributed by atoms with Crippen LogP contribution in [0.15, 0.2) is 47.4 Å². The molecule has 0 bridgehead atoms. The highest BCUT2D eigenvalue weighted by Gasteiger charge is 2.43. The first kappa shape index (κ1) is 21.7. The number of rotatable bonds is 6. The zero-order valence-electron chi connectivity index (χ0n) is 17.0. The summed E-state index contributed by atoms with van der Waals surface area (Å²) in [7, 11) is -3.92. The molecule has 32 heavy (non-hydrogen) atoms. The van der Waals surface area contributed by atoms with Crippen LogP contribution >= 0.6 is 0 Å². The van der Waals surface area contributed by atoms with E-state index in [0.717, 1.165) is 10.6 Å². The van der Waals surface area contributed by atoms with Crippen LogP contribution in [0.3, 0.4) is 0 Å². The molecule has 5 amide bonds. The lowest BCUT2D eigenvalue weighted by atomic mass is 10.0. The van der Waals surface area contributed by atoms with Crippen molar-refractivity contribution in [3.8, 4) is 0 Å². The number of nitrogens with zero attached hydrogens (tertiary/aromatic N) is 2. The number of aryl methyl sites for hydroxylation is 1. The molecule has 2 aliphatic heterocycles. The summed E-state index contributed by atoms with van der Waals surface area (Å²) in [5, 5.41) is 3.70. The maximum atomic E-state index is 12.8. The van der Waals surface area contributed by atoms with Crippen molar-refractivity contribution in [2.45, 2.75) is 24.7 Å². The standard InChI is InChI=1S/C21H19N3O7S/c1-13-2-5-15(6-3-13)32(29,30)31-11-9-14-4-7-16-17(12-14)20(27)24(19(16)26)23-10-8-18(25)22-21(23)28/h2-7,12H,8-11H2,1H3,(H,22,25,28). The number of nitrogens with one attached hydrogen (secondary N) is 1. The van der Waals surface area contributed by atoms with Gasteiger partial charge in [-0.25, -0.2) is 9.80 Å². The third-order valence-electron chi connectivity index (χ3n) is 5.14. The van der Waals surface area contributed by atoms with Crippen molar-refractivity contribution in [3.05, 3.63) is 64.7 Å². The van der Waals surface area contributed by atoms with E-state index < -0.39 is 33.9 Å². The number of hydrogen-bond acceptors (Lipinski definition) is 7. The minimum atomic E-state index is -3.92. The largest absolute Gasteiger partial charge is 0.343 e. The van der Waals surface area contributed by atoms with Crippen molar-refractivity contribution in [1.82, 2.24) is 15.3 Å². The van der Waals surface area contributed by atoms with Crippen LogP contribution in [0.1, 0.15) is 38.3 Å². The second-order valence-electron chi connectivity index (χ2n) is 7.37. The Balaban J connectivity index is 1.45. The first-order valence-corrected chi connectivity index (χ1v) is 11.2. The van der Waals surface area contributed by atoms with Crippen LogP contribution in [0.4, 0.5) is 4.79 Å². The lowest BCUT2D eigenvalue weighted by molar-refractivity contribution is -0.122. The number of imide groups is 2. The third-order valence-corrected chi connectivity index (χ3v) is 6.47. The Morgan fingerprint density at radius 2 is 1.66 bits per heavy atom. The molecule has 1 saturated heterocycles. The summed E-state index contributed by atoms with van der Waals surface area (Å²) < 4.78 is 29.7. The van der Waals surface area contributed by atoms with Crippen molar-refractivity contribution < 1.29 is 31.8 Å². The fourth-order valence-electron chi connectivity index (χ4n) is 3.44. The summed E-state index contributed by atoms with van der Waals surface area (Å²) in [5.41, 5.74) is 1.73. The molecule has 0 saturated carbocycles. The second-order valence-corrected chi connectivity index (χ2v) is 8.98. The predicted octanol–water partition coefficient (Wildman–Crippen LogP) is 1.40. The lowest BCUT2D eigenvalue weighted by Gasteiger charge is -2.32. The van der Waals surface area contributed by atoms with E-state index >= 15 is 0 Å². The summed E-state index contributed by atoms with van der Waals surface area (Å²) in [6, 6.07) is 9.94. The molecule has 1 fully saturated rings. The smallest absolute Gasteiger partial charge is 0.276 e. The molecule has 4 rings (SSSR count). The van der Waals surface area contributed by atoms with E-state index in [9.17, 15) is 27.6 Å². The van der Waals surface area contributed by atoms with E-state index in [4.69, 9.17) is 4.18 Å². The molecule has 0 radical (unpaired) electrons. The predicted molar refractivity (Wildman–Crippen MR) is 110 cm³/mol. The van der Waals surface area contributed by atoms with Gasteiger partial charge >= 0.3 is 6.03 Å². The van der Waals surface area contributed by atoms with Gasteiger partial charge in [0.05, 0.1) is 29.2 Å². The lowest BCUT2D eigenvalue weighted by Crippen LogP contribution is -2.58. The van der Waals surface area contributed by atoms with Crippen molar-refractivity contribution in [2.75, 3.05) is 13.2 Å². The first-order valence-electron chi connectivity index (χ1n) is 9.76. The summed E-state index contributed by atoms with van der Waals surface area (Å²) >= 11 is 0. The van der Waals surface area contributed by atoms with Crippen molar-refractivity contribution in [2.24, 2.45) is 0 Å². The van der Waals surface area contributed by atoms with Gasteiger partial charge in [0, 0.05) is 6.42 Å². The van der Waals surface area contributed by atoms with Gasteiger partial charge in [-0.2, -0.15) is 13.4 Å². The second kappa shape index (κ2) is 8.17. The first-order chi connectivity index (χ1) is 15.2. The van der Waals surface area contributed by atoms with Crippen LogP contribution in [-0.4, -0.2) is 55.3 Å². The number of fused-ring (bicyclic) bond motifs is 1. The number of urea groups is 1. The number of carbonyl (C=O) groups excluding carboxylic acids is 4. The van der Waals surface area contributed by atoms with E-state index in [-0.39, 0.29) is 42.0 Å². The van der Waals surface area contributed by atoms with Crippen molar-refractivity contribution in [3.63, 3.8) is 0 Å². The minimum Gasteiger partial charge on any atom is -0.276 e. The molecule has 2 aromatic rings. The van der Waals surface area contributed by atoms with Crippen molar-refractivity contribution >= 4 is 33.9 Å². The summed E-state index contributed by atoms with van der Waals surface area (Å²) in [6.07, 6.45) is 0.149. The fourth-order valence-corrected chi connectivity index (χ4v) is 4.35. The Labute approximate surface area is 183 Å². The van der Waals surface area contributed by atoms with Gasteiger partial charge in [0.25, 0.3) is 21.9 Å². The molecule has 166 valence electrons. The zero-order valence-corrected chi connectivity index (χ0v) is 17.8. The molecule has 10 nitrogen and oxygen atoms in total. The fraction of sp³-hybridized carbons (Fsp3) is 0.238. The Morgan fingerprint density at radius 1 is 0.969 bits per heavy atom. The molecule has 0 aliphatic carbocycles. The number of hydrazine groups is 1. The topological polar surface area (TPSA) is 130 Å². The highest BCUT2D eigenvalue weighted by atomic mass is 32.2. The monoisotopic (exact) mass is 457 g/mol. The third kappa shape index (κ3) is 3.99.